The molecule has 2 aliphatic rings. The van der Waals surface area contributed by atoms with Crippen molar-refractivity contribution < 1.29 is 0 Å². The van der Waals surface area contributed by atoms with Crippen LogP contribution in [-0.2, 0) is 0 Å². The zero-order valence-corrected chi connectivity index (χ0v) is 32.9. The molecule has 0 saturated carbocycles. The Balaban J connectivity index is 1.21. The van der Waals surface area contributed by atoms with E-state index in [4.69, 9.17) is 0 Å². The maximum atomic E-state index is 4.64. The molecule has 0 amide bonds. The van der Waals surface area contributed by atoms with Gasteiger partial charge in [-0.25, -0.2) is 0 Å². The van der Waals surface area contributed by atoms with E-state index < -0.39 is 0 Å². The summed E-state index contributed by atoms with van der Waals surface area (Å²) < 4.78 is 0. The quantitative estimate of drug-likeness (QED) is 0.152. The largest absolute Gasteiger partial charge is 0.256 e. The Bertz CT molecular complexity index is 2880. The van der Waals surface area contributed by atoms with Crippen molar-refractivity contribution in [1.29, 1.82) is 0 Å². The minimum absolute atomic E-state index is 0.512. The summed E-state index contributed by atoms with van der Waals surface area (Å²) in [5.41, 5.74) is 16.6. The summed E-state index contributed by atoms with van der Waals surface area (Å²) in [6.45, 7) is 4.62. The highest BCUT2D eigenvalue weighted by atomic mass is 14.7. The molecule has 1 unspecified atom stereocenters. The SMILES string of the molecule is CC1C=C(c2cc(C3=C[C@@H](C)CC=C3)cc(-c3ccc4c(-c5ccc(-c6ccccn6)cc5)c5ccccc5c(-c5ccc(-c6ccccn6)cc5)c4c3)c2)C=CC1. The van der Waals surface area contributed by atoms with E-state index in [1.165, 1.54) is 77.2 Å². The first-order valence-corrected chi connectivity index (χ1v) is 20.5. The molecule has 2 aromatic heterocycles. The van der Waals surface area contributed by atoms with E-state index in [0.717, 1.165) is 35.4 Å². The molecule has 0 aliphatic heterocycles. The van der Waals surface area contributed by atoms with Gasteiger partial charge in [0.15, 0.2) is 0 Å². The van der Waals surface area contributed by atoms with E-state index in [0.29, 0.717) is 11.8 Å². The summed E-state index contributed by atoms with van der Waals surface area (Å²) in [5, 5.41) is 4.92. The van der Waals surface area contributed by atoms with Gasteiger partial charge in [-0.3, -0.25) is 9.97 Å². The molecule has 58 heavy (non-hydrogen) atoms. The summed E-state index contributed by atoms with van der Waals surface area (Å²) >= 11 is 0. The average Bonchev–Trinajstić information content (AvgIpc) is 3.28. The Hall–Kier alpha value is -6.90. The lowest BCUT2D eigenvalue weighted by Gasteiger charge is -2.20. The molecule has 2 nitrogen and oxygen atoms in total. The average molecular weight is 745 g/mol. The standard InChI is InChI=1S/C56H44N2/c1-37-11-9-13-43(31-37)46-33-47(44-14-10-12-38(2)32-44)35-48(34-46)45-27-28-51-52(36-45)56(42-25-21-40(22-26-42)54-18-6-8-30-58-54)50-16-4-3-15-49(50)55(51)41-23-19-39(20-24-41)53-17-5-7-29-57-53/h3-10,13-38H,11-12H2,1-2H3/t37-,38?/m0/s1. The van der Waals surface area contributed by atoms with Crippen molar-refractivity contribution in [3.05, 3.63) is 206 Å². The van der Waals surface area contributed by atoms with Crippen LogP contribution in [0.1, 0.15) is 37.8 Å². The van der Waals surface area contributed by atoms with Gasteiger partial charge in [-0.05, 0) is 150 Å². The summed E-state index contributed by atoms with van der Waals surface area (Å²) in [6.07, 6.45) is 20.0. The number of pyridine rings is 2. The van der Waals surface area contributed by atoms with E-state index in [1.54, 1.807) is 0 Å². The molecule has 8 aromatic rings. The smallest absolute Gasteiger partial charge is 0.0701 e. The van der Waals surface area contributed by atoms with Crippen molar-refractivity contribution in [2.75, 3.05) is 0 Å². The summed E-state index contributed by atoms with van der Waals surface area (Å²) in [4.78, 5) is 9.26. The normalized spacial score (nSPS) is 16.4. The van der Waals surface area contributed by atoms with E-state index in [9.17, 15) is 0 Å². The van der Waals surface area contributed by atoms with Crippen LogP contribution in [0.4, 0.5) is 0 Å². The molecule has 0 saturated heterocycles. The lowest BCUT2D eigenvalue weighted by Crippen LogP contribution is -1.99. The first-order valence-electron chi connectivity index (χ1n) is 20.5. The number of hydrogen-bond acceptors (Lipinski definition) is 2. The second kappa shape index (κ2) is 15.2. The van der Waals surface area contributed by atoms with Crippen molar-refractivity contribution in [3.8, 4) is 55.9 Å². The molecular formula is C56H44N2. The van der Waals surface area contributed by atoms with Crippen LogP contribution < -0.4 is 0 Å². The van der Waals surface area contributed by atoms with Crippen molar-refractivity contribution in [1.82, 2.24) is 9.97 Å². The second-order valence-electron chi connectivity index (χ2n) is 15.9. The van der Waals surface area contributed by atoms with Crippen LogP contribution in [0, 0.1) is 11.8 Å². The van der Waals surface area contributed by atoms with Gasteiger partial charge >= 0.3 is 0 Å². The van der Waals surface area contributed by atoms with Gasteiger partial charge in [0.2, 0.25) is 0 Å². The Labute approximate surface area is 341 Å². The van der Waals surface area contributed by atoms with E-state index in [2.05, 4.69) is 182 Å². The van der Waals surface area contributed by atoms with Gasteiger partial charge in [0, 0.05) is 23.5 Å². The third-order valence-corrected chi connectivity index (χ3v) is 11.8. The number of aromatic nitrogens is 2. The first-order chi connectivity index (χ1) is 28.6. The minimum Gasteiger partial charge on any atom is -0.256 e. The monoisotopic (exact) mass is 744 g/mol. The molecular weight excluding hydrogens is 701 g/mol. The van der Waals surface area contributed by atoms with Gasteiger partial charge in [-0.15, -0.1) is 0 Å². The number of nitrogens with zero attached hydrogens (tertiary/aromatic N) is 2. The molecule has 2 atom stereocenters. The van der Waals surface area contributed by atoms with Crippen molar-refractivity contribution in [2.24, 2.45) is 11.8 Å². The van der Waals surface area contributed by atoms with Crippen LogP contribution in [0.2, 0.25) is 0 Å². The highest BCUT2D eigenvalue weighted by molar-refractivity contribution is 6.22. The number of rotatable bonds is 7. The first kappa shape index (κ1) is 35.5. The molecule has 2 heterocycles. The third kappa shape index (κ3) is 6.82. The zero-order chi connectivity index (χ0) is 39.0. The number of fused-ring (bicyclic) bond motifs is 2. The Kier molecular flexibility index (Phi) is 9.31. The minimum atomic E-state index is 0.512. The third-order valence-electron chi connectivity index (χ3n) is 11.8. The van der Waals surface area contributed by atoms with Gasteiger partial charge in [0.25, 0.3) is 0 Å². The Morgan fingerprint density at radius 3 is 1.29 bits per heavy atom. The van der Waals surface area contributed by atoms with Crippen LogP contribution in [0.15, 0.2) is 194 Å². The van der Waals surface area contributed by atoms with Crippen LogP contribution in [0.5, 0.6) is 0 Å². The van der Waals surface area contributed by atoms with Crippen LogP contribution >= 0.6 is 0 Å². The molecule has 10 rings (SSSR count). The molecule has 278 valence electrons. The fourth-order valence-electron chi connectivity index (χ4n) is 8.85. The Morgan fingerprint density at radius 2 is 0.810 bits per heavy atom. The summed E-state index contributed by atoms with van der Waals surface area (Å²) in [7, 11) is 0. The summed E-state index contributed by atoms with van der Waals surface area (Å²) in [5.74, 6) is 1.02. The number of hydrogen-bond donors (Lipinski definition) is 0. The molecule has 2 aliphatic carbocycles. The molecule has 6 aromatic carbocycles. The fourth-order valence-corrected chi connectivity index (χ4v) is 8.85. The van der Waals surface area contributed by atoms with Crippen LogP contribution in [0.25, 0.3) is 88.6 Å². The molecule has 0 radical (unpaired) electrons. The lowest BCUT2D eigenvalue weighted by atomic mass is 9.83. The zero-order valence-electron chi connectivity index (χ0n) is 32.9. The van der Waals surface area contributed by atoms with Gasteiger partial charge in [0.1, 0.15) is 0 Å². The van der Waals surface area contributed by atoms with Crippen LogP contribution in [-0.4, -0.2) is 9.97 Å². The van der Waals surface area contributed by atoms with Crippen molar-refractivity contribution in [3.63, 3.8) is 0 Å². The highest BCUT2D eigenvalue weighted by Gasteiger charge is 2.19. The molecule has 2 heteroatoms. The molecule has 0 bridgehead atoms. The molecule has 0 fully saturated rings. The molecule has 0 spiro atoms. The van der Waals surface area contributed by atoms with Crippen molar-refractivity contribution in [2.45, 2.75) is 26.7 Å². The predicted molar refractivity (Wildman–Crippen MR) is 246 cm³/mol. The topological polar surface area (TPSA) is 25.8 Å². The summed E-state index contributed by atoms with van der Waals surface area (Å²) in [6, 6.07) is 53.3. The number of benzene rings is 6. The Morgan fingerprint density at radius 1 is 0.379 bits per heavy atom. The van der Waals surface area contributed by atoms with Gasteiger partial charge < -0.3 is 0 Å². The predicted octanol–water partition coefficient (Wildman–Crippen LogP) is 15.1. The molecule has 0 N–H and O–H groups in total. The maximum Gasteiger partial charge on any atom is 0.0701 e. The second-order valence-corrected chi connectivity index (χ2v) is 15.9. The van der Waals surface area contributed by atoms with Crippen LogP contribution in [0.3, 0.4) is 0 Å². The van der Waals surface area contributed by atoms with E-state index in [1.807, 2.05) is 36.7 Å². The van der Waals surface area contributed by atoms with E-state index >= 15 is 0 Å². The fraction of sp³-hybridized carbons (Fsp3) is 0.107. The maximum absolute atomic E-state index is 4.64. The highest BCUT2D eigenvalue weighted by Crippen LogP contribution is 2.46. The van der Waals surface area contributed by atoms with Gasteiger partial charge in [0.05, 0.1) is 11.4 Å². The number of allylic oxidation sites excluding steroid dienone is 8. The van der Waals surface area contributed by atoms with Gasteiger partial charge in [-0.2, -0.15) is 0 Å². The van der Waals surface area contributed by atoms with E-state index in [-0.39, 0.29) is 0 Å². The van der Waals surface area contributed by atoms with Crippen molar-refractivity contribution >= 4 is 32.7 Å². The lowest BCUT2D eigenvalue weighted by molar-refractivity contribution is 0.739. The van der Waals surface area contributed by atoms with Gasteiger partial charge in [-0.1, -0.05) is 147 Å².